The molecule has 2 aliphatic rings. The molecule has 2 aromatic rings. The number of alkyl halides is 3. The number of rotatable bonds is 4. The molecule has 10 heteroatoms. The highest BCUT2D eigenvalue weighted by Crippen LogP contribution is 2.32. The summed E-state index contributed by atoms with van der Waals surface area (Å²) in [6.45, 7) is 0. The maximum absolute atomic E-state index is 12.9. The summed E-state index contributed by atoms with van der Waals surface area (Å²) in [6, 6.07) is 9.36. The van der Waals surface area contributed by atoms with Gasteiger partial charge in [-0.3, -0.25) is 24.1 Å². The SMILES string of the molecule is O=C(Nc1ccccc1NC(=O)C(F)(F)F)c1ccc2c(c1)C(=O)N(C1CCCCC1)C2=O. The van der Waals surface area contributed by atoms with E-state index in [-0.39, 0.29) is 40.0 Å². The molecule has 1 saturated carbocycles. The summed E-state index contributed by atoms with van der Waals surface area (Å²) in [5, 5.41) is 4.16. The van der Waals surface area contributed by atoms with Gasteiger partial charge >= 0.3 is 12.1 Å². The Morgan fingerprint density at radius 3 is 2.09 bits per heavy atom. The van der Waals surface area contributed by atoms with E-state index in [9.17, 15) is 32.3 Å². The zero-order valence-electron chi connectivity index (χ0n) is 17.4. The second kappa shape index (κ2) is 8.68. The van der Waals surface area contributed by atoms with Crippen LogP contribution in [0.4, 0.5) is 24.5 Å². The number of hydrogen-bond donors (Lipinski definition) is 2. The lowest BCUT2D eigenvalue weighted by molar-refractivity contribution is -0.167. The van der Waals surface area contributed by atoms with Gasteiger partial charge < -0.3 is 10.6 Å². The van der Waals surface area contributed by atoms with Crippen molar-refractivity contribution in [3.05, 3.63) is 59.2 Å². The fourth-order valence-corrected chi connectivity index (χ4v) is 4.16. The van der Waals surface area contributed by atoms with Gasteiger partial charge in [0.05, 0.1) is 22.5 Å². The number of carbonyl (C=O) groups is 4. The van der Waals surface area contributed by atoms with Crippen molar-refractivity contribution in [2.45, 2.75) is 44.3 Å². The Balaban J connectivity index is 1.54. The molecule has 0 bridgehead atoms. The molecule has 4 amide bonds. The molecule has 172 valence electrons. The predicted molar refractivity (Wildman–Crippen MR) is 113 cm³/mol. The molecule has 0 radical (unpaired) electrons. The number of nitrogens with zero attached hydrogens (tertiary/aromatic N) is 1. The minimum absolute atomic E-state index is 0.0492. The third kappa shape index (κ3) is 4.46. The first kappa shape index (κ1) is 22.5. The fraction of sp³-hybridized carbons (Fsp3) is 0.304. The summed E-state index contributed by atoms with van der Waals surface area (Å²) in [7, 11) is 0. The van der Waals surface area contributed by atoms with E-state index in [1.165, 1.54) is 47.4 Å². The molecule has 4 rings (SSSR count). The zero-order valence-corrected chi connectivity index (χ0v) is 17.4. The van der Waals surface area contributed by atoms with Crippen LogP contribution in [0.3, 0.4) is 0 Å². The van der Waals surface area contributed by atoms with Gasteiger partial charge in [0.2, 0.25) is 0 Å². The Kier molecular flexibility index (Phi) is 5.92. The van der Waals surface area contributed by atoms with Gasteiger partial charge in [-0.25, -0.2) is 0 Å². The first-order valence-electron chi connectivity index (χ1n) is 10.5. The molecular formula is C23H20F3N3O4. The maximum Gasteiger partial charge on any atom is 0.471 e. The molecule has 1 aliphatic heterocycles. The minimum atomic E-state index is -5.09. The summed E-state index contributed by atoms with van der Waals surface area (Å²) in [4.78, 5) is 51.0. The second-order valence-electron chi connectivity index (χ2n) is 7.98. The van der Waals surface area contributed by atoms with E-state index >= 15 is 0 Å². The average molecular weight is 459 g/mol. The average Bonchev–Trinajstić information content (AvgIpc) is 3.04. The van der Waals surface area contributed by atoms with Crippen molar-refractivity contribution in [2.24, 2.45) is 0 Å². The van der Waals surface area contributed by atoms with Crippen LogP contribution in [0.1, 0.15) is 63.2 Å². The first-order chi connectivity index (χ1) is 15.7. The monoisotopic (exact) mass is 459 g/mol. The van der Waals surface area contributed by atoms with Crippen molar-refractivity contribution >= 4 is 35.0 Å². The van der Waals surface area contributed by atoms with Gasteiger partial charge in [-0.2, -0.15) is 13.2 Å². The standard InChI is InChI=1S/C23H20F3N3O4/c24-23(25,26)22(33)28-18-9-5-4-8-17(18)27-19(30)13-10-11-15-16(12-13)21(32)29(20(15)31)14-6-2-1-3-7-14/h4-5,8-12,14H,1-3,6-7H2,(H,27,30)(H,28,33). The van der Waals surface area contributed by atoms with Crippen molar-refractivity contribution < 1.29 is 32.3 Å². The fourth-order valence-electron chi connectivity index (χ4n) is 4.16. The molecule has 2 N–H and O–H groups in total. The Morgan fingerprint density at radius 2 is 1.45 bits per heavy atom. The van der Waals surface area contributed by atoms with Gasteiger partial charge in [0.25, 0.3) is 17.7 Å². The zero-order chi connectivity index (χ0) is 23.8. The summed E-state index contributed by atoms with van der Waals surface area (Å²) >= 11 is 0. The molecule has 0 spiro atoms. The number of imide groups is 1. The number of hydrogen-bond acceptors (Lipinski definition) is 4. The molecule has 7 nitrogen and oxygen atoms in total. The Morgan fingerprint density at radius 1 is 0.848 bits per heavy atom. The Hall–Kier alpha value is -3.69. The quantitative estimate of drug-likeness (QED) is 0.664. The highest BCUT2D eigenvalue weighted by Gasteiger charge is 2.41. The summed E-state index contributed by atoms with van der Waals surface area (Å²) in [5.41, 5.74) is 0.116. The van der Waals surface area contributed by atoms with E-state index in [0.29, 0.717) is 0 Å². The normalized spacial score (nSPS) is 16.5. The molecule has 33 heavy (non-hydrogen) atoms. The van der Waals surface area contributed by atoms with E-state index in [2.05, 4.69) is 5.32 Å². The molecule has 1 aliphatic carbocycles. The molecule has 1 fully saturated rings. The number of nitrogens with one attached hydrogen (secondary N) is 2. The van der Waals surface area contributed by atoms with Gasteiger partial charge in [0.15, 0.2) is 0 Å². The van der Waals surface area contributed by atoms with Crippen LogP contribution in [0.25, 0.3) is 0 Å². The third-order valence-electron chi connectivity index (χ3n) is 5.80. The van der Waals surface area contributed by atoms with Gasteiger partial charge in [-0.05, 0) is 43.2 Å². The van der Waals surface area contributed by atoms with Crippen LogP contribution >= 0.6 is 0 Å². The first-order valence-corrected chi connectivity index (χ1v) is 10.5. The molecule has 1 heterocycles. The Bertz CT molecular complexity index is 1140. The van der Waals surface area contributed by atoms with Crippen molar-refractivity contribution in [1.29, 1.82) is 0 Å². The van der Waals surface area contributed by atoms with Crippen LogP contribution in [0.5, 0.6) is 0 Å². The van der Waals surface area contributed by atoms with Gasteiger partial charge in [0, 0.05) is 11.6 Å². The van der Waals surface area contributed by atoms with Gasteiger partial charge in [-0.1, -0.05) is 31.4 Å². The van der Waals surface area contributed by atoms with E-state index in [0.717, 1.165) is 32.1 Å². The number of anilines is 2. The predicted octanol–water partition coefficient (Wildman–Crippen LogP) is 4.37. The lowest BCUT2D eigenvalue weighted by Gasteiger charge is -2.29. The summed E-state index contributed by atoms with van der Waals surface area (Å²) < 4.78 is 37.8. The van der Waals surface area contributed by atoms with Gasteiger partial charge in [0.1, 0.15) is 0 Å². The van der Waals surface area contributed by atoms with Crippen molar-refractivity contribution in [1.82, 2.24) is 4.90 Å². The van der Waals surface area contributed by atoms with Crippen LogP contribution in [0.15, 0.2) is 42.5 Å². The molecule has 0 unspecified atom stereocenters. The summed E-state index contributed by atoms with van der Waals surface area (Å²) in [6.07, 6.45) is -0.645. The lowest BCUT2D eigenvalue weighted by atomic mass is 9.94. The smallest absolute Gasteiger partial charge is 0.320 e. The third-order valence-corrected chi connectivity index (χ3v) is 5.80. The highest BCUT2D eigenvalue weighted by molar-refractivity contribution is 6.22. The highest BCUT2D eigenvalue weighted by atomic mass is 19.4. The van der Waals surface area contributed by atoms with Gasteiger partial charge in [-0.15, -0.1) is 0 Å². The van der Waals surface area contributed by atoms with Crippen molar-refractivity contribution in [3.8, 4) is 0 Å². The van der Waals surface area contributed by atoms with E-state index in [1.807, 2.05) is 0 Å². The number of halogens is 3. The number of fused-ring (bicyclic) bond motifs is 1. The molecule has 0 aromatic heterocycles. The second-order valence-corrected chi connectivity index (χ2v) is 7.98. The van der Waals surface area contributed by atoms with Crippen molar-refractivity contribution in [3.63, 3.8) is 0 Å². The van der Waals surface area contributed by atoms with E-state index in [4.69, 9.17) is 0 Å². The van der Waals surface area contributed by atoms with Crippen LogP contribution in [-0.4, -0.2) is 40.7 Å². The van der Waals surface area contributed by atoms with E-state index < -0.39 is 23.9 Å². The van der Waals surface area contributed by atoms with Crippen LogP contribution in [-0.2, 0) is 4.79 Å². The molecule has 2 aromatic carbocycles. The number of carbonyl (C=O) groups excluding carboxylic acids is 4. The van der Waals surface area contributed by atoms with E-state index in [1.54, 1.807) is 5.32 Å². The molecule has 0 saturated heterocycles. The number of benzene rings is 2. The molecule has 0 atom stereocenters. The Labute approximate surface area is 186 Å². The summed E-state index contributed by atoms with van der Waals surface area (Å²) in [5.74, 6) is -3.71. The van der Waals surface area contributed by atoms with Crippen LogP contribution in [0.2, 0.25) is 0 Å². The largest absolute Gasteiger partial charge is 0.471 e. The van der Waals surface area contributed by atoms with Crippen LogP contribution < -0.4 is 10.6 Å². The van der Waals surface area contributed by atoms with Crippen molar-refractivity contribution in [2.75, 3.05) is 10.6 Å². The minimum Gasteiger partial charge on any atom is -0.320 e. The topological polar surface area (TPSA) is 95.6 Å². The molecular weight excluding hydrogens is 439 g/mol. The maximum atomic E-state index is 12.9. The number of amides is 4. The number of para-hydroxylation sites is 2. The van der Waals surface area contributed by atoms with Crippen LogP contribution in [0, 0.1) is 0 Å². The lowest BCUT2D eigenvalue weighted by Crippen LogP contribution is -2.40.